The zero-order valence-corrected chi connectivity index (χ0v) is 10.1. The van der Waals surface area contributed by atoms with Gasteiger partial charge in [0.25, 0.3) is 5.92 Å². The third-order valence-corrected chi connectivity index (χ3v) is 3.49. The van der Waals surface area contributed by atoms with Crippen LogP contribution in [0.2, 0.25) is 5.02 Å². The first-order valence-corrected chi connectivity index (χ1v) is 5.64. The number of halogens is 6. The quantitative estimate of drug-likeness (QED) is 0.697. The minimum absolute atomic E-state index is 0.0716. The van der Waals surface area contributed by atoms with Crippen LogP contribution >= 0.6 is 11.6 Å². The summed E-state index contributed by atoms with van der Waals surface area (Å²) in [6.45, 7) is 0. The average Bonchev–Trinajstić information content (AvgIpc) is 2.24. The van der Waals surface area contributed by atoms with Gasteiger partial charge in [0.1, 0.15) is 0 Å². The van der Waals surface area contributed by atoms with Gasteiger partial charge in [0.15, 0.2) is 0 Å². The van der Waals surface area contributed by atoms with Gasteiger partial charge in [-0.15, -0.1) is 0 Å². The topological polar surface area (TPSA) is 23.8 Å². The Morgan fingerprint density at radius 1 is 1.21 bits per heavy atom. The molecule has 0 unspecified atom stereocenters. The highest BCUT2D eigenvalue weighted by Crippen LogP contribution is 2.53. The lowest BCUT2D eigenvalue weighted by atomic mass is 9.63. The predicted octanol–water partition coefficient (Wildman–Crippen LogP) is 4.55. The molecule has 2 rings (SSSR count). The van der Waals surface area contributed by atoms with Gasteiger partial charge in [-0.25, -0.2) is 8.78 Å². The van der Waals surface area contributed by atoms with Crippen LogP contribution in [0.5, 0.6) is 0 Å². The molecule has 1 nitrogen and oxygen atoms in total. The number of nitrogens with zero attached hydrogens (tertiary/aromatic N) is 1. The molecular weight excluding hydrogens is 289 g/mol. The average molecular weight is 296 g/mol. The Morgan fingerprint density at radius 2 is 1.79 bits per heavy atom. The van der Waals surface area contributed by atoms with Crippen LogP contribution in [0.15, 0.2) is 18.2 Å². The van der Waals surface area contributed by atoms with Gasteiger partial charge >= 0.3 is 6.18 Å². The van der Waals surface area contributed by atoms with Gasteiger partial charge in [-0.2, -0.15) is 18.4 Å². The minimum Gasteiger partial charge on any atom is -0.207 e. The fourth-order valence-electron chi connectivity index (χ4n) is 2.22. The highest BCUT2D eigenvalue weighted by atomic mass is 35.5. The Hall–Kier alpha value is -1.35. The molecule has 102 valence electrons. The Bertz CT molecular complexity index is 550. The van der Waals surface area contributed by atoms with Crippen LogP contribution in [0.25, 0.3) is 0 Å². The third-order valence-electron chi connectivity index (χ3n) is 3.16. The lowest BCUT2D eigenvalue weighted by molar-refractivity contribution is -0.137. The fourth-order valence-corrected chi connectivity index (χ4v) is 2.44. The number of hydrogen-bond acceptors (Lipinski definition) is 1. The van der Waals surface area contributed by atoms with Crippen molar-refractivity contribution in [3.8, 4) is 6.07 Å². The van der Waals surface area contributed by atoms with Gasteiger partial charge in [-0.1, -0.05) is 17.7 Å². The normalized spacial score (nSPS) is 20.5. The van der Waals surface area contributed by atoms with Gasteiger partial charge in [-0.3, -0.25) is 0 Å². The molecule has 1 aromatic rings. The van der Waals surface area contributed by atoms with Crippen LogP contribution in [0.4, 0.5) is 22.0 Å². The minimum atomic E-state index is -4.68. The van der Waals surface area contributed by atoms with Crippen LogP contribution in [-0.2, 0) is 11.6 Å². The lowest BCUT2D eigenvalue weighted by Crippen LogP contribution is -2.48. The van der Waals surface area contributed by atoms with E-state index in [-0.39, 0.29) is 5.56 Å². The second-order valence-corrected chi connectivity index (χ2v) is 5.00. The summed E-state index contributed by atoms with van der Waals surface area (Å²) in [6, 6.07) is 4.55. The van der Waals surface area contributed by atoms with Crippen molar-refractivity contribution >= 4 is 11.6 Å². The van der Waals surface area contributed by atoms with E-state index in [2.05, 4.69) is 0 Å². The molecule has 0 aromatic heterocycles. The predicted molar refractivity (Wildman–Crippen MR) is 57.9 cm³/mol. The smallest absolute Gasteiger partial charge is 0.207 e. The van der Waals surface area contributed by atoms with E-state index in [1.165, 1.54) is 6.07 Å². The number of hydrogen-bond donors (Lipinski definition) is 0. The monoisotopic (exact) mass is 295 g/mol. The summed E-state index contributed by atoms with van der Waals surface area (Å²) in [5.41, 5.74) is -2.75. The summed E-state index contributed by atoms with van der Waals surface area (Å²) in [5, 5.41) is 8.47. The molecule has 0 N–H and O–H groups in total. The Balaban J connectivity index is 2.46. The number of nitriles is 1. The number of alkyl halides is 5. The molecule has 0 radical (unpaired) electrons. The zero-order valence-electron chi connectivity index (χ0n) is 9.36. The van der Waals surface area contributed by atoms with Crippen molar-refractivity contribution < 1.29 is 22.0 Å². The van der Waals surface area contributed by atoms with Gasteiger partial charge in [0, 0.05) is 12.8 Å². The molecule has 19 heavy (non-hydrogen) atoms. The van der Waals surface area contributed by atoms with Crippen molar-refractivity contribution in [3.05, 3.63) is 34.3 Å². The second kappa shape index (κ2) is 4.07. The second-order valence-electron chi connectivity index (χ2n) is 4.60. The maximum Gasteiger partial charge on any atom is 0.417 e. The summed E-state index contributed by atoms with van der Waals surface area (Å²) in [4.78, 5) is 0. The molecule has 0 aliphatic heterocycles. The third kappa shape index (κ3) is 2.39. The highest BCUT2D eigenvalue weighted by molar-refractivity contribution is 6.31. The Morgan fingerprint density at radius 3 is 2.21 bits per heavy atom. The molecule has 0 bridgehead atoms. The molecular formula is C12H7ClF5N. The van der Waals surface area contributed by atoms with Crippen LogP contribution < -0.4 is 0 Å². The summed E-state index contributed by atoms with van der Waals surface area (Å²) in [7, 11) is 0. The van der Waals surface area contributed by atoms with Crippen molar-refractivity contribution in [3.63, 3.8) is 0 Å². The van der Waals surface area contributed by atoms with Crippen LogP contribution in [0.1, 0.15) is 24.0 Å². The molecule has 1 fully saturated rings. The highest BCUT2D eigenvalue weighted by Gasteiger charge is 2.58. The Kier molecular flexibility index (Phi) is 3.01. The van der Waals surface area contributed by atoms with E-state index >= 15 is 0 Å². The molecule has 0 amide bonds. The van der Waals surface area contributed by atoms with E-state index in [1.54, 1.807) is 6.07 Å². The van der Waals surface area contributed by atoms with Crippen LogP contribution in [0.3, 0.4) is 0 Å². The van der Waals surface area contributed by atoms with E-state index in [1.807, 2.05) is 0 Å². The van der Waals surface area contributed by atoms with E-state index < -0.39 is 40.9 Å². The molecule has 0 atom stereocenters. The van der Waals surface area contributed by atoms with E-state index in [9.17, 15) is 22.0 Å². The van der Waals surface area contributed by atoms with Crippen molar-refractivity contribution in [1.29, 1.82) is 5.26 Å². The lowest BCUT2D eigenvalue weighted by Gasteiger charge is -2.42. The first-order valence-electron chi connectivity index (χ1n) is 5.26. The van der Waals surface area contributed by atoms with Gasteiger partial charge in [0.05, 0.1) is 22.1 Å². The molecule has 1 aliphatic rings. The van der Waals surface area contributed by atoms with Crippen molar-refractivity contribution in [1.82, 2.24) is 0 Å². The largest absolute Gasteiger partial charge is 0.417 e. The molecule has 0 spiro atoms. The summed E-state index contributed by atoms with van der Waals surface area (Å²) in [6.07, 6.45) is -6.22. The van der Waals surface area contributed by atoms with E-state index in [4.69, 9.17) is 16.9 Å². The summed E-state index contributed by atoms with van der Waals surface area (Å²) < 4.78 is 63.9. The van der Waals surface area contributed by atoms with Crippen molar-refractivity contribution in [2.24, 2.45) is 0 Å². The van der Waals surface area contributed by atoms with E-state index in [0.29, 0.717) is 6.07 Å². The molecule has 1 aromatic carbocycles. The first-order chi connectivity index (χ1) is 8.60. The van der Waals surface area contributed by atoms with Gasteiger partial charge in [-0.05, 0) is 17.7 Å². The molecule has 1 saturated carbocycles. The first kappa shape index (κ1) is 14.1. The standard InChI is InChI=1S/C12H7ClF5N/c13-9-2-1-7(3-8(9)12(16,17)18)10(6-19)4-11(14,15)5-10/h1-3H,4-5H2. The molecule has 7 heteroatoms. The Labute approximate surface area is 110 Å². The van der Waals surface area contributed by atoms with Crippen molar-refractivity contribution in [2.75, 3.05) is 0 Å². The van der Waals surface area contributed by atoms with Gasteiger partial charge in [0.2, 0.25) is 0 Å². The SMILES string of the molecule is N#CC1(c2ccc(Cl)c(C(F)(F)F)c2)CC(F)(F)C1. The summed E-state index contributed by atoms with van der Waals surface area (Å²) in [5.74, 6) is -3.01. The maximum atomic E-state index is 12.9. The summed E-state index contributed by atoms with van der Waals surface area (Å²) >= 11 is 5.44. The molecule has 1 aliphatic carbocycles. The van der Waals surface area contributed by atoms with Crippen LogP contribution in [-0.4, -0.2) is 5.92 Å². The zero-order chi connectivity index (χ0) is 14.5. The van der Waals surface area contributed by atoms with Gasteiger partial charge < -0.3 is 0 Å². The maximum absolute atomic E-state index is 12.9. The fraction of sp³-hybridized carbons (Fsp3) is 0.417. The number of benzene rings is 1. The number of rotatable bonds is 1. The molecule has 0 heterocycles. The molecule has 0 saturated heterocycles. The van der Waals surface area contributed by atoms with Crippen molar-refractivity contribution in [2.45, 2.75) is 30.4 Å². The van der Waals surface area contributed by atoms with Crippen LogP contribution in [0, 0.1) is 11.3 Å². The van der Waals surface area contributed by atoms with E-state index in [0.717, 1.165) is 6.07 Å².